The van der Waals surface area contributed by atoms with Crippen molar-refractivity contribution >= 4 is 5.97 Å². The van der Waals surface area contributed by atoms with Crippen LogP contribution in [-0.4, -0.2) is 18.9 Å². The van der Waals surface area contributed by atoms with Gasteiger partial charge in [0.05, 0.1) is 6.54 Å². The van der Waals surface area contributed by atoms with Crippen molar-refractivity contribution in [3.05, 3.63) is 10.4 Å². The summed E-state index contributed by atoms with van der Waals surface area (Å²) in [5, 5.41) is 5.62. The quantitative estimate of drug-likeness (QED) is 0.228. The molecule has 1 heterocycles. The van der Waals surface area contributed by atoms with Crippen LogP contribution in [0.25, 0.3) is 10.4 Å². The number of rotatable bonds is 1. The molecule has 0 bridgehead atoms. The van der Waals surface area contributed by atoms with E-state index in [-0.39, 0.29) is 6.54 Å². The molecule has 0 aromatic carbocycles. The lowest BCUT2D eigenvalue weighted by atomic mass is 10.7. The van der Waals surface area contributed by atoms with Crippen molar-refractivity contribution in [1.29, 1.82) is 0 Å². The Balaban J connectivity index is 2.48. The fourth-order valence-corrected chi connectivity index (χ4v) is 0.490. The zero-order valence-electron chi connectivity index (χ0n) is 4.44. The second-order valence-corrected chi connectivity index (χ2v) is 1.43. The summed E-state index contributed by atoms with van der Waals surface area (Å²) < 4.78 is 4.43. The van der Waals surface area contributed by atoms with Crippen LogP contribution in [0.5, 0.6) is 0 Å². The largest absolute Gasteiger partial charge is 0.439 e. The standard InChI is InChI=1S/C3H4N4O2/c4-7-6-3-5-1-2(8)9-3/h3,5H,1H2. The van der Waals surface area contributed by atoms with E-state index < -0.39 is 12.3 Å². The van der Waals surface area contributed by atoms with Crippen LogP contribution in [0.2, 0.25) is 0 Å². The van der Waals surface area contributed by atoms with Crippen molar-refractivity contribution in [2.24, 2.45) is 5.11 Å². The van der Waals surface area contributed by atoms with Crippen molar-refractivity contribution in [3.8, 4) is 0 Å². The predicted molar refractivity (Wildman–Crippen MR) is 27.0 cm³/mol. The Kier molecular flexibility index (Phi) is 1.53. The number of nitrogens with one attached hydrogen (secondary N) is 1. The molecule has 1 saturated heterocycles. The molecule has 0 saturated carbocycles. The van der Waals surface area contributed by atoms with Crippen LogP contribution in [0.15, 0.2) is 5.11 Å². The number of carbonyl (C=O) groups excluding carboxylic acids is 1. The smallest absolute Gasteiger partial charge is 0.321 e. The highest BCUT2D eigenvalue weighted by Gasteiger charge is 2.19. The lowest BCUT2D eigenvalue weighted by Gasteiger charge is -1.96. The van der Waals surface area contributed by atoms with Gasteiger partial charge in [0.25, 0.3) is 0 Å². The number of cyclic esters (lactones) is 1. The molecular formula is C3H4N4O2. The highest BCUT2D eigenvalue weighted by atomic mass is 16.6. The molecule has 1 aliphatic rings. The van der Waals surface area contributed by atoms with Gasteiger partial charge in [-0.05, 0) is 10.6 Å². The zero-order chi connectivity index (χ0) is 6.69. The van der Waals surface area contributed by atoms with E-state index in [4.69, 9.17) is 5.53 Å². The fraction of sp³-hybridized carbons (Fsp3) is 0.667. The Morgan fingerprint density at radius 1 is 2.00 bits per heavy atom. The molecule has 0 aliphatic carbocycles. The van der Waals surface area contributed by atoms with Crippen molar-refractivity contribution < 1.29 is 9.53 Å². The van der Waals surface area contributed by atoms with Crippen LogP contribution >= 0.6 is 0 Å². The maximum atomic E-state index is 10.3. The first-order valence-electron chi connectivity index (χ1n) is 2.30. The minimum Gasteiger partial charge on any atom is -0.439 e. The summed E-state index contributed by atoms with van der Waals surface area (Å²) in [6, 6.07) is 0. The minimum absolute atomic E-state index is 0.115. The van der Waals surface area contributed by atoms with E-state index >= 15 is 0 Å². The minimum atomic E-state index is -0.803. The molecule has 1 rings (SSSR count). The molecule has 0 aromatic heterocycles. The summed E-state index contributed by atoms with van der Waals surface area (Å²) in [6.45, 7) is 0.115. The maximum absolute atomic E-state index is 10.3. The predicted octanol–water partition coefficient (Wildman–Crippen LogP) is -0.273. The second-order valence-electron chi connectivity index (χ2n) is 1.43. The van der Waals surface area contributed by atoms with Crippen molar-refractivity contribution in [2.75, 3.05) is 6.54 Å². The van der Waals surface area contributed by atoms with E-state index in [2.05, 4.69) is 20.1 Å². The van der Waals surface area contributed by atoms with Gasteiger partial charge in [-0.3, -0.25) is 10.1 Å². The summed E-state index contributed by atoms with van der Waals surface area (Å²) in [7, 11) is 0. The number of hydrogen-bond donors (Lipinski definition) is 1. The molecule has 1 N–H and O–H groups in total. The molecule has 6 heteroatoms. The van der Waals surface area contributed by atoms with Gasteiger partial charge in [-0.25, -0.2) is 0 Å². The molecule has 9 heavy (non-hydrogen) atoms. The summed E-state index contributed by atoms with van der Waals surface area (Å²) in [6.07, 6.45) is -0.803. The third kappa shape index (κ3) is 1.31. The van der Waals surface area contributed by atoms with Crippen LogP contribution < -0.4 is 5.32 Å². The number of esters is 1. The van der Waals surface area contributed by atoms with E-state index in [1.807, 2.05) is 0 Å². The first-order chi connectivity index (χ1) is 4.33. The summed E-state index contributed by atoms with van der Waals surface area (Å²) in [5.41, 5.74) is 7.84. The molecule has 1 aliphatic heterocycles. The molecule has 1 fully saturated rings. The zero-order valence-corrected chi connectivity index (χ0v) is 4.44. The Bertz CT molecular complexity index is 173. The van der Waals surface area contributed by atoms with Gasteiger partial charge >= 0.3 is 5.97 Å². The number of carbonyl (C=O) groups is 1. The summed E-state index contributed by atoms with van der Waals surface area (Å²) in [4.78, 5) is 12.7. The first kappa shape index (κ1) is 5.87. The van der Waals surface area contributed by atoms with Crippen molar-refractivity contribution in [1.82, 2.24) is 5.32 Å². The van der Waals surface area contributed by atoms with Crippen molar-refractivity contribution in [2.45, 2.75) is 6.35 Å². The Hall–Kier alpha value is -1.26. The topological polar surface area (TPSA) is 87.1 Å². The third-order valence-electron chi connectivity index (χ3n) is 0.821. The highest BCUT2D eigenvalue weighted by Crippen LogP contribution is 1.97. The van der Waals surface area contributed by atoms with Crippen LogP contribution in [0, 0.1) is 0 Å². The average molecular weight is 128 g/mol. The van der Waals surface area contributed by atoms with Gasteiger partial charge in [0.15, 0.2) is 0 Å². The lowest BCUT2D eigenvalue weighted by molar-refractivity contribution is -0.140. The SMILES string of the molecule is [N-]=[N+]=NC1NCC(=O)O1. The van der Waals surface area contributed by atoms with Crippen LogP contribution in [-0.2, 0) is 9.53 Å². The van der Waals surface area contributed by atoms with E-state index in [0.717, 1.165) is 0 Å². The normalized spacial score (nSPS) is 24.9. The van der Waals surface area contributed by atoms with Gasteiger partial charge in [0.1, 0.15) is 0 Å². The van der Waals surface area contributed by atoms with Gasteiger partial charge in [-0.15, -0.1) is 0 Å². The van der Waals surface area contributed by atoms with E-state index in [1.54, 1.807) is 0 Å². The van der Waals surface area contributed by atoms with Crippen molar-refractivity contribution in [3.63, 3.8) is 0 Å². The molecule has 1 unspecified atom stereocenters. The van der Waals surface area contributed by atoms with E-state index in [1.165, 1.54) is 0 Å². The highest BCUT2D eigenvalue weighted by molar-refractivity contribution is 5.73. The monoisotopic (exact) mass is 128 g/mol. The summed E-state index contributed by atoms with van der Waals surface area (Å²) >= 11 is 0. The Labute approximate surface area is 50.4 Å². The molecule has 0 aromatic rings. The molecule has 48 valence electrons. The number of hydrogen-bond acceptors (Lipinski definition) is 4. The molecular weight excluding hydrogens is 124 g/mol. The number of azide groups is 1. The Morgan fingerprint density at radius 2 is 2.78 bits per heavy atom. The molecule has 0 spiro atoms. The summed E-state index contributed by atoms with van der Waals surface area (Å²) in [5.74, 6) is -0.396. The number of ether oxygens (including phenoxy) is 1. The van der Waals surface area contributed by atoms with Gasteiger partial charge in [-0.1, -0.05) is 0 Å². The number of nitrogens with zero attached hydrogens (tertiary/aromatic N) is 3. The molecule has 1 atom stereocenters. The molecule has 0 radical (unpaired) electrons. The van der Waals surface area contributed by atoms with Crippen LogP contribution in [0.4, 0.5) is 0 Å². The maximum Gasteiger partial charge on any atom is 0.321 e. The van der Waals surface area contributed by atoms with Crippen LogP contribution in [0.1, 0.15) is 0 Å². The third-order valence-corrected chi connectivity index (χ3v) is 0.821. The molecule has 0 amide bonds. The first-order valence-corrected chi connectivity index (χ1v) is 2.30. The van der Waals surface area contributed by atoms with E-state index in [0.29, 0.717) is 0 Å². The second kappa shape index (κ2) is 2.34. The Morgan fingerprint density at radius 3 is 3.22 bits per heavy atom. The van der Waals surface area contributed by atoms with Gasteiger partial charge in [0.2, 0.25) is 6.35 Å². The average Bonchev–Trinajstić information content (AvgIpc) is 2.17. The van der Waals surface area contributed by atoms with Gasteiger partial charge in [0, 0.05) is 4.91 Å². The van der Waals surface area contributed by atoms with Gasteiger partial charge in [-0.2, -0.15) is 0 Å². The lowest BCUT2D eigenvalue weighted by Crippen LogP contribution is -2.18. The van der Waals surface area contributed by atoms with E-state index in [9.17, 15) is 4.79 Å². The molecule has 6 nitrogen and oxygen atoms in total. The fourth-order valence-electron chi connectivity index (χ4n) is 0.490. The van der Waals surface area contributed by atoms with Crippen LogP contribution in [0.3, 0.4) is 0 Å². The van der Waals surface area contributed by atoms with Gasteiger partial charge < -0.3 is 4.74 Å².